The average Bonchev–Trinajstić information content (AvgIpc) is 3.09. The summed E-state index contributed by atoms with van der Waals surface area (Å²) in [6.45, 7) is 5.53. The lowest BCUT2D eigenvalue weighted by Gasteiger charge is -2.42. The highest BCUT2D eigenvalue weighted by Crippen LogP contribution is 2.30. The third kappa shape index (κ3) is 3.59. The number of aromatic nitrogens is 3. The molecule has 26 heavy (non-hydrogen) atoms. The maximum Gasteiger partial charge on any atom is 0.219 e. The topological polar surface area (TPSA) is 85.4 Å². The Kier molecular flexibility index (Phi) is 4.67. The number of H-pyrrole nitrogens is 1. The van der Waals surface area contributed by atoms with Gasteiger partial charge >= 0.3 is 0 Å². The van der Waals surface area contributed by atoms with Gasteiger partial charge in [0.2, 0.25) is 5.91 Å². The molecule has 2 aromatic heterocycles. The number of aromatic amines is 1. The van der Waals surface area contributed by atoms with Crippen molar-refractivity contribution in [2.45, 2.75) is 44.1 Å². The predicted octanol–water partition coefficient (Wildman–Crippen LogP) is 1.51. The molecule has 1 amide bonds. The molecule has 140 valence electrons. The summed E-state index contributed by atoms with van der Waals surface area (Å²) in [6.07, 6.45) is 5.35. The molecular formula is C19H27N5O2. The summed E-state index contributed by atoms with van der Waals surface area (Å²) in [5, 5.41) is 19.0. The van der Waals surface area contributed by atoms with E-state index in [1.165, 1.54) is 0 Å². The molecule has 0 saturated carbocycles. The Morgan fingerprint density at radius 3 is 2.92 bits per heavy atom. The van der Waals surface area contributed by atoms with E-state index in [0.717, 1.165) is 42.7 Å². The Hall–Kier alpha value is -1.99. The summed E-state index contributed by atoms with van der Waals surface area (Å²) in [6, 6.07) is 4.18. The Morgan fingerprint density at radius 2 is 2.15 bits per heavy atom. The van der Waals surface area contributed by atoms with Crippen LogP contribution in [-0.2, 0) is 4.79 Å². The summed E-state index contributed by atoms with van der Waals surface area (Å²) in [5.74, 6) is 0.489. The fourth-order valence-electron chi connectivity index (χ4n) is 4.32. The van der Waals surface area contributed by atoms with E-state index in [9.17, 15) is 9.90 Å². The molecule has 7 heteroatoms. The van der Waals surface area contributed by atoms with Gasteiger partial charge in [-0.3, -0.25) is 14.8 Å². The average molecular weight is 357 g/mol. The first-order chi connectivity index (χ1) is 12.5. The van der Waals surface area contributed by atoms with Gasteiger partial charge in [-0.1, -0.05) is 0 Å². The molecule has 1 unspecified atom stereocenters. The number of rotatable bonds is 3. The third-order valence-electron chi connectivity index (χ3n) is 5.90. The number of β-amino-alcohol motifs (C(OH)–C–C–N with tert-alkyl or cyclic N) is 1. The van der Waals surface area contributed by atoms with Crippen LogP contribution in [0.25, 0.3) is 11.0 Å². The van der Waals surface area contributed by atoms with Crippen LogP contribution in [0.5, 0.6) is 0 Å². The molecule has 2 aliphatic rings. The number of fused-ring (bicyclic) bond motifs is 1. The number of likely N-dealkylation sites (tertiary alicyclic amines) is 2. The molecule has 2 aliphatic heterocycles. The van der Waals surface area contributed by atoms with Gasteiger partial charge in [-0.05, 0) is 44.4 Å². The van der Waals surface area contributed by atoms with Gasteiger partial charge in [0, 0.05) is 50.1 Å². The first kappa shape index (κ1) is 17.4. The Morgan fingerprint density at radius 1 is 1.35 bits per heavy atom. The van der Waals surface area contributed by atoms with Gasteiger partial charge in [0.25, 0.3) is 0 Å². The first-order valence-corrected chi connectivity index (χ1v) is 9.53. The van der Waals surface area contributed by atoms with Gasteiger partial charge in [0.15, 0.2) is 5.65 Å². The van der Waals surface area contributed by atoms with Crippen LogP contribution in [0.2, 0.25) is 0 Å². The van der Waals surface area contributed by atoms with Crippen LogP contribution in [0.4, 0.5) is 0 Å². The molecule has 2 fully saturated rings. The summed E-state index contributed by atoms with van der Waals surface area (Å²) in [4.78, 5) is 20.4. The largest absolute Gasteiger partial charge is 0.388 e. The minimum absolute atomic E-state index is 0.102. The van der Waals surface area contributed by atoms with E-state index in [1.807, 2.05) is 4.90 Å². The van der Waals surface area contributed by atoms with Gasteiger partial charge in [-0.15, -0.1) is 0 Å². The fourth-order valence-corrected chi connectivity index (χ4v) is 4.32. The zero-order valence-electron chi connectivity index (χ0n) is 15.3. The number of nitrogens with zero attached hydrogens (tertiary/aromatic N) is 4. The lowest BCUT2D eigenvalue weighted by atomic mass is 9.88. The molecule has 4 heterocycles. The van der Waals surface area contributed by atoms with Crippen molar-refractivity contribution in [3.63, 3.8) is 0 Å². The Bertz CT molecular complexity index is 781. The van der Waals surface area contributed by atoms with Crippen molar-refractivity contribution in [2.24, 2.45) is 0 Å². The lowest BCUT2D eigenvalue weighted by Crippen LogP contribution is -2.53. The quantitative estimate of drug-likeness (QED) is 0.870. The summed E-state index contributed by atoms with van der Waals surface area (Å²) in [7, 11) is 0. The molecule has 0 bridgehead atoms. The van der Waals surface area contributed by atoms with Crippen LogP contribution in [0.15, 0.2) is 18.3 Å². The number of aliphatic hydroxyl groups is 1. The molecule has 1 atom stereocenters. The van der Waals surface area contributed by atoms with E-state index in [-0.39, 0.29) is 5.91 Å². The highest BCUT2D eigenvalue weighted by atomic mass is 16.3. The maximum atomic E-state index is 11.5. The van der Waals surface area contributed by atoms with E-state index in [4.69, 9.17) is 4.98 Å². The summed E-state index contributed by atoms with van der Waals surface area (Å²) in [5.41, 5.74) is 1.26. The fraction of sp³-hybridized carbons (Fsp3) is 0.632. The van der Waals surface area contributed by atoms with E-state index in [0.29, 0.717) is 38.4 Å². The number of hydrogen-bond acceptors (Lipinski definition) is 5. The first-order valence-electron chi connectivity index (χ1n) is 9.53. The molecule has 2 aromatic rings. The van der Waals surface area contributed by atoms with Crippen LogP contribution in [-0.4, -0.2) is 74.3 Å². The van der Waals surface area contributed by atoms with Crippen molar-refractivity contribution in [1.29, 1.82) is 0 Å². The van der Waals surface area contributed by atoms with E-state index in [2.05, 4.69) is 27.2 Å². The minimum atomic E-state index is -0.686. The smallest absolute Gasteiger partial charge is 0.219 e. The van der Waals surface area contributed by atoms with Gasteiger partial charge in [0.1, 0.15) is 0 Å². The Labute approximate surface area is 153 Å². The van der Waals surface area contributed by atoms with Gasteiger partial charge < -0.3 is 10.0 Å². The molecule has 2 N–H and O–H groups in total. The van der Waals surface area contributed by atoms with Crippen molar-refractivity contribution in [2.75, 3.05) is 32.7 Å². The monoisotopic (exact) mass is 357 g/mol. The second-order valence-electron chi connectivity index (χ2n) is 7.85. The number of pyridine rings is 1. The van der Waals surface area contributed by atoms with E-state index >= 15 is 0 Å². The number of amides is 1. The molecular weight excluding hydrogens is 330 g/mol. The Balaban J connectivity index is 1.40. The van der Waals surface area contributed by atoms with Crippen LogP contribution < -0.4 is 0 Å². The summed E-state index contributed by atoms with van der Waals surface area (Å²) >= 11 is 0. The maximum absolute atomic E-state index is 11.5. The van der Waals surface area contributed by atoms with Crippen molar-refractivity contribution in [1.82, 2.24) is 25.0 Å². The number of hydrogen-bond donors (Lipinski definition) is 2. The molecule has 7 nitrogen and oxygen atoms in total. The van der Waals surface area contributed by atoms with E-state index < -0.39 is 5.60 Å². The third-order valence-corrected chi connectivity index (χ3v) is 5.90. The van der Waals surface area contributed by atoms with Gasteiger partial charge in [-0.2, -0.15) is 5.10 Å². The SMILES string of the molecule is CC(=O)N1CCC(O)(CN2CCCC(c3ccc4cn[nH]c4n3)C2)CC1. The lowest BCUT2D eigenvalue weighted by molar-refractivity contribution is -0.133. The standard InChI is InChI=1S/C19H27N5O2/c1-14(25)24-9-6-19(26,7-10-24)13-23-8-2-3-16(12-23)17-5-4-15-11-20-22-18(15)21-17/h4-5,11,16,26H,2-3,6-10,12-13H2,1H3,(H,20,21,22). The molecule has 4 rings (SSSR count). The predicted molar refractivity (Wildman–Crippen MR) is 98.7 cm³/mol. The second-order valence-corrected chi connectivity index (χ2v) is 7.85. The number of piperidine rings is 2. The minimum Gasteiger partial charge on any atom is -0.388 e. The van der Waals surface area contributed by atoms with Crippen LogP contribution in [0.1, 0.15) is 44.2 Å². The zero-order chi connectivity index (χ0) is 18.1. The molecule has 0 spiro atoms. The second kappa shape index (κ2) is 6.96. The molecule has 0 radical (unpaired) electrons. The highest BCUT2D eigenvalue weighted by Gasteiger charge is 2.36. The summed E-state index contributed by atoms with van der Waals surface area (Å²) < 4.78 is 0. The van der Waals surface area contributed by atoms with Crippen molar-refractivity contribution >= 4 is 16.9 Å². The number of nitrogens with one attached hydrogen (secondary N) is 1. The van der Waals surface area contributed by atoms with Crippen LogP contribution >= 0.6 is 0 Å². The van der Waals surface area contributed by atoms with Crippen molar-refractivity contribution < 1.29 is 9.90 Å². The number of carbonyl (C=O) groups excluding carboxylic acids is 1. The highest BCUT2D eigenvalue weighted by molar-refractivity contribution is 5.74. The van der Waals surface area contributed by atoms with Gasteiger partial charge in [0.05, 0.1) is 11.8 Å². The molecule has 0 aliphatic carbocycles. The normalized spacial score (nSPS) is 24.1. The van der Waals surface area contributed by atoms with Crippen LogP contribution in [0, 0.1) is 0 Å². The zero-order valence-corrected chi connectivity index (χ0v) is 15.3. The number of carbonyl (C=O) groups is 1. The van der Waals surface area contributed by atoms with Crippen molar-refractivity contribution in [3.05, 3.63) is 24.0 Å². The van der Waals surface area contributed by atoms with E-state index in [1.54, 1.807) is 13.1 Å². The molecule has 0 aromatic carbocycles. The van der Waals surface area contributed by atoms with Crippen molar-refractivity contribution in [3.8, 4) is 0 Å². The van der Waals surface area contributed by atoms with Gasteiger partial charge in [-0.25, -0.2) is 4.98 Å². The van der Waals surface area contributed by atoms with Crippen LogP contribution in [0.3, 0.4) is 0 Å². The molecule has 2 saturated heterocycles.